The van der Waals surface area contributed by atoms with Crippen molar-refractivity contribution < 1.29 is 14.3 Å². The highest BCUT2D eigenvalue weighted by Crippen LogP contribution is 2.30. The molecule has 0 N–H and O–H groups in total. The number of nitriles is 1. The number of methoxy groups -OCH3 is 1. The van der Waals surface area contributed by atoms with Crippen molar-refractivity contribution in [1.29, 1.82) is 5.26 Å². The predicted octanol–water partition coefficient (Wildman–Crippen LogP) is 6.06. The van der Waals surface area contributed by atoms with E-state index < -0.39 is 0 Å². The van der Waals surface area contributed by atoms with E-state index in [0.717, 1.165) is 27.5 Å². The minimum Gasteiger partial charge on any atom is -0.493 e. The van der Waals surface area contributed by atoms with Crippen molar-refractivity contribution in [3.05, 3.63) is 108 Å². The first-order valence-electron chi connectivity index (χ1n) is 10.2. The van der Waals surface area contributed by atoms with Crippen molar-refractivity contribution in [2.45, 2.75) is 6.42 Å². The maximum atomic E-state index is 12.7. The Hall–Kier alpha value is -4.36. The van der Waals surface area contributed by atoms with Gasteiger partial charge in [-0.1, -0.05) is 78.9 Å². The fourth-order valence-electron chi connectivity index (χ4n) is 3.58. The van der Waals surface area contributed by atoms with Gasteiger partial charge in [0.1, 0.15) is 0 Å². The zero-order valence-electron chi connectivity index (χ0n) is 17.6. The van der Waals surface area contributed by atoms with Crippen molar-refractivity contribution in [3.8, 4) is 17.6 Å². The normalized spacial score (nSPS) is 11.1. The quantitative estimate of drug-likeness (QED) is 0.165. The summed E-state index contributed by atoms with van der Waals surface area (Å²) in [7, 11) is 1.52. The molecule has 0 aromatic heterocycles. The smallest absolute Gasteiger partial charge is 0.315 e. The molecule has 0 aliphatic carbocycles. The summed E-state index contributed by atoms with van der Waals surface area (Å²) >= 11 is 0. The van der Waals surface area contributed by atoms with Crippen LogP contribution in [0.15, 0.2) is 91.0 Å². The Morgan fingerprint density at radius 2 is 1.66 bits per heavy atom. The number of carbonyl (C=O) groups excluding carboxylic acids is 1. The number of benzene rings is 4. The number of fused-ring (bicyclic) bond motifs is 1. The van der Waals surface area contributed by atoms with Gasteiger partial charge < -0.3 is 9.47 Å². The molecule has 0 spiro atoms. The number of hydrogen-bond acceptors (Lipinski definition) is 4. The van der Waals surface area contributed by atoms with E-state index in [2.05, 4.69) is 6.07 Å². The lowest BCUT2D eigenvalue weighted by atomic mass is 10.0. The first-order valence-corrected chi connectivity index (χ1v) is 10.2. The largest absolute Gasteiger partial charge is 0.493 e. The summed E-state index contributed by atoms with van der Waals surface area (Å²) in [6.45, 7) is 0. The predicted molar refractivity (Wildman–Crippen MR) is 126 cm³/mol. The molecule has 0 aliphatic rings. The van der Waals surface area contributed by atoms with Crippen LogP contribution in [0.3, 0.4) is 0 Å². The Bertz CT molecular complexity index is 1330. The van der Waals surface area contributed by atoms with Gasteiger partial charge in [0, 0.05) is 0 Å². The van der Waals surface area contributed by atoms with Crippen LogP contribution in [-0.4, -0.2) is 13.1 Å². The highest BCUT2D eigenvalue weighted by molar-refractivity contribution is 5.91. The first-order chi connectivity index (χ1) is 15.7. The van der Waals surface area contributed by atoms with Gasteiger partial charge in [-0.15, -0.1) is 0 Å². The summed E-state index contributed by atoms with van der Waals surface area (Å²) in [6.07, 6.45) is 1.93. The van der Waals surface area contributed by atoms with E-state index in [1.165, 1.54) is 7.11 Å². The second kappa shape index (κ2) is 9.63. The molecule has 0 saturated heterocycles. The molecule has 156 valence electrons. The molecule has 32 heavy (non-hydrogen) atoms. The van der Waals surface area contributed by atoms with Gasteiger partial charge in [0.15, 0.2) is 11.5 Å². The molecular formula is C28H21NO3. The second-order valence-corrected chi connectivity index (χ2v) is 7.24. The van der Waals surface area contributed by atoms with Gasteiger partial charge >= 0.3 is 5.97 Å². The molecule has 0 heterocycles. The molecule has 4 heteroatoms. The zero-order chi connectivity index (χ0) is 22.3. The van der Waals surface area contributed by atoms with Crippen LogP contribution in [0.25, 0.3) is 22.4 Å². The minimum atomic E-state index is -0.370. The van der Waals surface area contributed by atoms with E-state index in [0.29, 0.717) is 17.1 Å². The maximum absolute atomic E-state index is 12.7. The summed E-state index contributed by atoms with van der Waals surface area (Å²) < 4.78 is 11.0. The molecule has 4 rings (SSSR count). The summed E-state index contributed by atoms with van der Waals surface area (Å²) in [5.74, 6) is 0.397. The van der Waals surface area contributed by atoms with Gasteiger partial charge in [-0.05, 0) is 45.7 Å². The van der Waals surface area contributed by atoms with E-state index in [1.54, 1.807) is 24.3 Å². The van der Waals surface area contributed by atoms with Gasteiger partial charge in [0.2, 0.25) is 0 Å². The van der Waals surface area contributed by atoms with Crippen LogP contribution in [0.5, 0.6) is 11.5 Å². The number of hydrogen-bond donors (Lipinski definition) is 0. The molecule has 4 nitrogen and oxygen atoms in total. The number of rotatable bonds is 6. The van der Waals surface area contributed by atoms with Crippen LogP contribution in [0, 0.1) is 11.3 Å². The van der Waals surface area contributed by atoms with E-state index in [4.69, 9.17) is 9.47 Å². The number of allylic oxidation sites excluding steroid dienone is 1. The van der Waals surface area contributed by atoms with Crippen LogP contribution < -0.4 is 9.47 Å². The Morgan fingerprint density at radius 3 is 2.44 bits per heavy atom. The lowest BCUT2D eigenvalue weighted by Gasteiger charge is -2.11. The first kappa shape index (κ1) is 20.9. The SMILES string of the molecule is COc1cc(/C=C(\C#N)c2ccccc2)ccc1OC(=O)Cc1cccc2ccccc12. The summed E-state index contributed by atoms with van der Waals surface area (Å²) in [4.78, 5) is 12.7. The average molecular weight is 419 g/mol. The summed E-state index contributed by atoms with van der Waals surface area (Å²) in [5, 5.41) is 11.7. The van der Waals surface area contributed by atoms with Crippen molar-refractivity contribution in [3.63, 3.8) is 0 Å². The van der Waals surface area contributed by atoms with Crippen molar-refractivity contribution in [1.82, 2.24) is 0 Å². The number of esters is 1. The molecule has 0 radical (unpaired) electrons. The van der Waals surface area contributed by atoms with E-state index in [1.807, 2.05) is 72.8 Å². The molecule has 0 bridgehead atoms. The third kappa shape index (κ3) is 4.69. The third-order valence-corrected chi connectivity index (χ3v) is 5.14. The van der Waals surface area contributed by atoms with Gasteiger partial charge in [-0.3, -0.25) is 4.79 Å². The van der Waals surface area contributed by atoms with Crippen LogP contribution in [-0.2, 0) is 11.2 Å². The summed E-state index contributed by atoms with van der Waals surface area (Å²) in [6, 6.07) is 30.7. The van der Waals surface area contributed by atoms with Crippen molar-refractivity contribution in [2.75, 3.05) is 7.11 Å². The van der Waals surface area contributed by atoms with E-state index >= 15 is 0 Å². The van der Waals surface area contributed by atoms with Gasteiger partial charge in [-0.2, -0.15) is 5.26 Å². The molecule has 0 unspecified atom stereocenters. The molecule has 0 saturated carbocycles. The van der Waals surface area contributed by atoms with Crippen LogP contribution >= 0.6 is 0 Å². The molecule has 0 atom stereocenters. The van der Waals surface area contributed by atoms with Crippen LogP contribution in [0.4, 0.5) is 0 Å². The fourth-order valence-corrected chi connectivity index (χ4v) is 3.58. The topological polar surface area (TPSA) is 59.3 Å². The van der Waals surface area contributed by atoms with Gasteiger partial charge in [-0.25, -0.2) is 0 Å². The van der Waals surface area contributed by atoms with Gasteiger partial charge in [0.25, 0.3) is 0 Å². The molecule has 0 amide bonds. The third-order valence-electron chi connectivity index (χ3n) is 5.14. The lowest BCUT2D eigenvalue weighted by molar-refractivity contribution is -0.133. The number of nitrogens with zero attached hydrogens (tertiary/aromatic N) is 1. The lowest BCUT2D eigenvalue weighted by Crippen LogP contribution is -2.12. The molecule has 4 aromatic carbocycles. The van der Waals surface area contributed by atoms with E-state index in [-0.39, 0.29) is 12.4 Å². The highest BCUT2D eigenvalue weighted by Gasteiger charge is 2.13. The maximum Gasteiger partial charge on any atom is 0.315 e. The van der Waals surface area contributed by atoms with Crippen molar-refractivity contribution >= 4 is 28.4 Å². The molecular weight excluding hydrogens is 398 g/mol. The van der Waals surface area contributed by atoms with Gasteiger partial charge in [0.05, 0.1) is 25.2 Å². The minimum absolute atomic E-state index is 0.152. The van der Waals surface area contributed by atoms with Crippen LogP contribution in [0.1, 0.15) is 16.7 Å². The number of carbonyl (C=O) groups is 1. The van der Waals surface area contributed by atoms with E-state index in [9.17, 15) is 10.1 Å². The fraction of sp³-hybridized carbons (Fsp3) is 0.0714. The Kier molecular flexibility index (Phi) is 6.29. The monoisotopic (exact) mass is 419 g/mol. The Labute approximate surface area is 187 Å². The Morgan fingerprint density at radius 1 is 0.906 bits per heavy atom. The standard InChI is InChI=1S/C28H21NO3/c1-31-27-17-20(16-24(19-29)21-8-3-2-4-9-21)14-15-26(27)32-28(30)18-23-12-7-11-22-10-5-6-13-25(22)23/h2-17H,18H2,1H3/b24-16+. The average Bonchev–Trinajstić information content (AvgIpc) is 2.84. The summed E-state index contributed by atoms with van der Waals surface area (Å²) in [5.41, 5.74) is 3.05. The molecule has 0 aliphatic heterocycles. The van der Waals surface area contributed by atoms with Crippen LogP contribution in [0.2, 0.25) is 0 Å². The second-order valence-electron chi connectivity index (χ2n) is 7.24. The van der Waals surface area contributed by atoms with Crippen molar-refractivity contribution in [2.24, 2.45) is 0 Å². The highest BCUT2D eigenvalue weighted by atomic mass is 16.6. The molecule has 0 fully saturated rings. The number of ether oxygens (including phenoxy) is 2. The zero-order valence-corrected chi connectivity index (χ0v) is 17.6. The molecule has 4 aromatic rings. The Balaban J connectivity index is 1.55.